The average molecular weight is 289 g/mol. The van der Waals surface area contributed by atoms with Crippen molar-refractivity contribution in [3.63, 3.8) is 0 Å². The predicted molar refractivity (Wildman–Crippen MR) is 69.1 cm³/mol. The van der Waals surface area contributed by atoms with Crippen molar-refractivity contribution in [1.82, 2.24) is 4.90 Å². The maximum atomic E-state index is 11.1. The Balaban J connectivity index is 3.08. The number of rotatable bonds is 6. The lowest BCUT2D eigenvalue weighted by molar-refractivity contribution is -0.384. The zero-order valence-corrected chi connectivity index (χ0v) is 11.2. The third-order valence-electron chi connectivity index (χ3n) is 2.25. The summed E-state index contributed by atoms with van der Waals surface area (Å²) in [5.41, 5.74) is -0.708. The predicted octanol–water partition coefficient (Wildman–Crippen LogP) is 1.89. The summed E-state index contributed by atoms with van der Waals surface area (Å²) >= 11 is 5.83. The number of carbonyl (C=O) groups is 1. The van der Waals surface area contributed by atoms with Gasteiger partial charge < -0.3 is 14.7 Å². The van der Waals surface area contributed by atoms with Crippen molar-refractivity contribution in [2.45, 2.75) is 0 Å². The normalized spacial score (nSPS) is 10.5. The summed E-state index contributed by atoms with van der Waals surface area (Å²) in [7, 11) is 3.66. The van der Waals surface area contributed by atoms with E-state index < -0.39 is 10.9 Å². The molecule has 0 amide bonds. The smallest absolute Gasteiger partial charge is 0.339 e. The molecule has 1 aromatic rings. The molecule has 0 saturated carbocycles. The zero-order valence-electron chi connectivity index (χ0n) is 10.4. The minimum absolute atomic E-state index is 0.0541. The second-order valence-corrected chi connectivity index (χ2v) is 4.43. The zero-order chi connectivity index (χ0) is 14.6. The molecule has 0 aliphatic carbocycles. The Morgan fingerprint density at radius 2 is 2.16 bits per heavy atom. The van der Waals surface area contributed by atoms with Crippen LogP contribution in [0.5, 0.6) is 5.75 Å². The van der Waals surface area contributed by atoms with Crippen LogP contribution in [0, 0.1) is 10.1 Å². The van der Waals surface area contributed by atoms with E-state index >= 15 is 0 Å². The Labute approximate surface area is 114 Å². The second kappa shape index (κ2) is 6.35. The van der Waals surface area contributed by atoms with E-state index in [0.29, 0.717) is 6.54 Å². The monoisotopic (exact) mass is 288 g/mol. The van der Waals surface area contributed by atoms with Gasteiger partial charge >= 0.3 is 5.97 Å². The van der Waals surface area contributed by atoms with Gasteiger partial charge in [-0.3, -0.25) is 10.1 Å². The summed E-state index contributed by atoms with van der Waals surface area (Å²) in [5, 5.41) is 19.6. The van der Waals surface area contributed by atoms with Crippen molar-refractivity contribution in [2.24, 2.45) is 0 Å². The van der Waals surface area contributed by atoms with E-state index in [-0.39, 0.29) is 28.6 Å². The van der Waals surface area contributed by atoms with Gasteiger partial charge in [0.25, 0.3) is 5.69 Å². The molecule has 0 aliphatic heterocycles. The Morgan fingerprint density at radius 3 is 2.63 bits per heavy atom. The van der Waals surface area contributed by atoms with Crippen LogP contribution in [-0.2, 0) is 0 Å². The van der Waals surface area contributed by atoms with Crippen LogP contribution < -0.4 is 4.74 Å². The molecular formula is C11H13ClN2O5. The van der Waals surface area contributed by atoms with Crippen LogP contribution in [0.25, 0.3) is 0 Å². The number of likely N-dealkylation sites (N-methyl/N-ethyl adjacent to an activating group) is 1. The van der Waals surface area contributed by atoms with Crippen molar-refractivity contribution in [1.29, 1.82) is 0 Å². The number of nitro benzene ring substituents is 1. The van der Waals surface area contributed by atoms with Crippen molar-refractivity contribution in [2.75, 3.05) is 27.2 Å². The summed E-state index contributed by atoms with van der Waals surface area (Å²) in [6.07, 6.45) is 0. The molecule has 7 nitrogen and oxygen atoms in total. The molecule has 0 atom stereocenters. The highest BCUT2D eigenvalue weighted by Gasteiger charge is 2.21. The number of non-ortho nitro benzene ring substituents is 1. The van der Waals surface area contributed by atoms with Gasteiger partial charge in [-0.25, -0.2) is 4.79 Å². The fourth-order valence-electron chi connectivity index (χ4n) is 1.32. The lowest BCUT2D eigenvalue weighted by Crippen LogP contribution is -2.20. The van der Waals surface area contributed by atoms with Crippen LogP contribution in [0.1, 0.15) is 10.4 Å². The van der Waals surface area contributed by atoms with Crippen molar-refractivity contribution >= 4 is 23.3 Å². The molecule has 8 heteroatoms. The first-order valence-electron chi connectivity index (χ1n) is 5.31. The third kappa shape index (κ3) is 4.08. The number of halogens is 1. The fraction of sp³-hybridized carbons (Fsp3) is 0.364. The highest BCUT2D eigenvalue weighted by molar-refractivity contribution is 6.32. The van der Waals surface area contributed by atoms with Gasteiger partial charge in [0.2, 0.25) is 0 Å². The van der Waals surface area contributed by atoms with E-state index in [1.165, 1.54) is 0 Å². The van der Waals surface area contributed by atoms with Gasteiger partial charge in [-0.15, -0.1) is 0 Å². The molecule has 0 fully saturated rings. The molecule has 0 aromatic heterocycles. The van der Waals surface area contributed by atoms with Crippen molar-refractivity contribution in [3.05, 3.63) is 32.8 Å². The number of hydrogen-bond donors (Lipinski definition) is 1. The molecule has 0 heterocycles. The number of aromatic carboxylic acids is 1. The molecule has 0 spiro atoms. The summed E-state index contributed by atoms with van der Waals surface area (Å²) in [6, 6.07) is 2.00. The second-order valence-electron chi connectivity index (χ2n) is 4.02. The van der Waals surface area contributed by atoms with Crippen LogP contribution in [0.2, 0.25) is 5.02 Å². The molecule has 19 heavy (non-hydrogen) atoms. The first-order valence-corrected chi connectivity index (χ1v) is 5.69. The Morgan fingerprint density at radius 1 is 1.53 bits per heavy atom. The first-order chi connectivity index (χ1) is 8.82. The third-order valence-corrected chi connectivity index (χ3v) is 2.54. The highest BCUT2D eigenvalue weighted by atomic mass is 35.5. The molecule has 0 aliphatic rings. The van der Waals surface area contributed by atoms with E-state index in [1.807, 2.05) is 19.0 Å². The number of ether oxygens (including phenoxy) is 1. The fourth-order valence-corrected chi connectivity index (χ4v) is 1.59. The van der Waals surface area contributed by atoms with Crippen LogP contribution >= 0.6 is 11.6 Å². The van der Waals surface area contributed by atoms with Crippen LogP contribution in [0.4, 0.5) is 5.69 Å². The Hall–Kier alpha value is -1.86. The van der Waals surface area contributed by atoms with E-state index in [9.17, 15) is 14.9 Å². The van der Waals surface area contributed by atoms with Gasteiger partial charge in [0.05, 0.1) is 9.95 Å². The lowest BCUT2D eigenvalue weighted by atomic mass is 10.2. The summed E-state index contributed by atoms with van der Waals surface area (Å²) in [5.74, 6) is -1.38. The first kappa shape index (κ1) is 15.2. The molecular weight excluding hydrogens is 276 g/mol. The number of nitrogens with zero attached hydrogens (tertiary/aromatic N) is 2. The SMILES string of the molecule is CN(C)CCOc1c(Cl)cc([N+](=O)[O-])cc1C(=O)O. The molecule has 1 aromatic carbocycles. The molecule has 1 rings (SSSR count). The Bertz CT molecular complexity index is 504. The summed E-state index contributed by atoms with van der Waals surface area (Å²) in [6.45, 7) is 0.789. The topological polar surface area (TPSA) is 92.9 Å². The molecule has 0 saturated heterocycles. The maximum absolute atomic E-state index is 11.1. The Kier molecular flexibility index (Phi) is 5.08. The lowest BCUT2D eigenvalue weighted by Gasteiger charge is -2.13. The van der Waals surface area contributed by atoms with Gasteiger partial charge in [-0.05, 0) is 14.1 Å². The number of carboxylic acids is 1. The number of carboxylic acid groups (broad SMARTS) is 1. The van der Waals surface area contributed by atoms with Crippen LogP contribution in [0.3, 0.4) is 0 Å². The van der Waals surface area contributed by atoms with Crippen LogP contribution in [-0.4, -0.2) is 48.1 Å². The standard InChI is InChI=1S/C11H13ClN2O5/c1-13(2)3-4-19-10-8(11(15)16)5-7(14(17)18)6-9(10)12/h5-6H,3-4H2,1-2H3,(H,15,16). The van der Waals surface area contributed by atoms with Gasteiger partial charge in [0.1, 0.15) is 12.2 Å². The minimum Gasteiger partial charge on any atom is -0.490 e. The number of nitro groups is 1. The van der Waals surface area contributed by atoms with Gasteiger partial charge in [-0.1, -0.05) is 11.6 Å². The number of hydrogen-bond acceptors (Lipinski definition) is 5. The van der Waals surface area contributed by atoms with Gasteiger partial charge in [0.15, 0.2) is 5.75 Å². The maximum Gasteiger partial charge on any atom is 0.339 e. The largest absolute Gasteiger partial charge is 0.490 e. The van der Waals surface area contributed by atoms with Crippen molar-refractivity contribution in [3.8, 4) is 5.75 Å². The van der Waals surface area contributed by atoms with E-state index in [2.05, 4.69) is 0 Å². The van der Waals surface area contributed by atoms with Crippen molar-refractivity contribution < 1.29 is 19.6 Å². The quantitative estimate of drug-likeness (QED) is 0.634. The van der Waals surface area contributed by atoms with Crippen LogP contribution in [0.15, 0.2) is 12.1 Å². The summed E-state index contributed by atoms with van der Waals surface area (Å²) in [4.78, 5) is 22.9. The molecule has 1 N–H and O–H groups in total. The average Bonchev–Trinajstić information content (AvgIpc) is 2.29. The minimum atomic E-state index is -1.33. The van der Waals surface area contributed by atoms with E-state index in [0.717, 1.165) is 12.1 Å². The summed E-state index contributed by atoms with van der Waals surface area (Å²) < 4.78 is 5.30. The molecule has 0 unspecified atom stereocenters. The van der Waals surface area contributed by atoms with Gasteiger partial charge in [0, 0.05) is 18.7 Å². The molecule has 0 radical (unpaired) electrons. The number of benzene rings is 1. The highest BCUT2D eigenvalue weighted by Crippen LogP contribution is 2.33. The van der Waals surface area contributed by atoms with E-state index in [4.69, 9.17) is 21.4 Å². The molecule has 104 valence electrons. The van der Waals surface area contributed by atoms with E-state index in [1.54, 1.807) is 0 Å². The molecule has 0 bridgehead atoms. The van der Waals surface area contributed by atoms with Gasteiger partial charge in [-0.2, -0.15) is 0 Å².